The van der Waals surface area contributed by atoms with Crippen molar-refractivity contribution in [1.29, 1.82) is 0 Å². The van der Waals surface area contributed by atoms with Gasteiger partial charge in [-0.3, -0.25) is 0 Å². The van der Waals surface area contributed by atoms with E-state index in [9.17, 15) is 9.18 Å². The van der Waals surface area contributed by atoms with Gasteiger partial charge in [-0.2, -0.15) is 0 Å². The Hall–Kier alpha value is -2.42. The van der Waals surface area contributed by atoms with Gasteiger partial charge in [0.1, 0.15) is 5.82 Å². The molecule has 0 atom stereocenters. The van der Waals surface area contributed by atoms with E-state index < -0.39 is 5.97 Å². The van der Waals surface area contributed by atoms with Gasteiger partial charge in [0.25, 0.3) is 0 Å². The predicted molar refractivity (Wildman–Crippen MR) is 68.7 cm³/mol. The minimum atomic E-state index is -0.996. The fraction of sp³-hybridized carbons (Fsp3) is 0. The van der Waals surface area contributed by atoms with Crippen molar-refractivity contribution in [2.75, 3.05) is 0 Å². The standard InChI is InChI=1S/C15H11FO2/c16-14-8-4-2-6-12(14)10-9-11-5-1-3-7-13(11)15(17)18/h1-10H,(H,17,18). The lowest BCUT2D eigenvalue weighted by Crippen LogP contribution is -1.98. The van der Waals surface area contributed by atoms with Crippen LogP contribution in [0.15, 0.2) is 48.5 Å². The lowest BCUT2D eigenvalue weighted by molar-refractivity contribution is 0.0696. The molecule has 0 aliphatic carbocycles. The molecule has 0 fully saturated rings. The molecule has 2 rings (SSSR count). The van der Waals surface area contributed by atoms with Crippen LogP contribution in [0, 0.1) is 5.82 Å². The van der Waals surface area contributed by atoms with Crippen LogP contribution in [0.3, 0.4) is 0 Å². The van der Waals surface area contributed by atoms with Gasteiger partial charge < -0.3 is 5.11 Å². The topological polar surface area (TPSA) is 37.3 Å². The zero-order valence-electron chi connectivity index (χ0n) is 9.51. The third-order valence-electron chi connectivity index (χ3n) is 2.54. The highest BCUT2D eigenvalue weighted by Crippen LogP contribution is 2.15. The van der Waals surface area contributed by atoms with Gasteiger partial charge in [0.15, 0.2) is 0 Å². The fourth-order valence-electron chi connectivity index (χ4n) is 1.63. The van der Waals surface area contributed by atoms with Crippen molar-refractivity contribution in [1.82, 2.24) is 0 Å². The van der Waals surface area contributed by atoms with Crippen LogP contribution in [-0.4, -0.2) is 11.1 Å². The molecule has 1 N–H and O–H groups in total. The van der Waals surface area contributed by atoms with Gasteiger partial charge in [-0.25, -0.2) is 9.18 Å². The van der Waals surface area contributed by atoms with Crippen molar-refractivity contribution in [3.8, 4) is 0 Å². The van der Waals surface area contributed by atoms with E-state index in [1.807, 2.05) is 0 Å². The van der Waals surface area contributed by atoms with Crippen molar-refractivity contribution in [3.63, 3.8) is 0 Å². The second kappa shape index (κ2) is 5.27. The number of carboxylic acids is 1. The second-order valence-electron chi connectivity index (χ2n) is 3.75. The minimum absolute atomic E-state index is 0.199. The summed E-state index contributed by atoms with van der Waals surface area (Å²) in [5.74, 6) is -1.33. The Morgan fingerprint density at radius 2 is 1.50 bits per heavy atom. The van der Waals surface area contributed by atoms with Gasteiger partial charge in [-0.1, -0.05) is 48.6 Å². The molecule has 0 bridgehead atoms. The number of carbonyl (C=O) groups is 1. The molecule has 0 radical (unpaired) electrons. The lowest BCUT2D eigenvalue weighted by atomic mass is 10.1. The number of hydrogen-bond donors (Lipinski definition) is 1. The smallest absolute Gasteiger partial charge is 0.336 e. The molecule has 0 heterocycles. The SMILES string of the molecule is O=C(O)c1ccccc1C=Cc1ccccc1F. The molecule has 2 nitrogen and oxygen atoms in total. The molecule has 0 aromatic heterocycles. The first-order valence-corrected chi connectivity index (χ1v) is 5.43. The Balaban J connectivity index is 2.35. The Morgan fingerprint density at radius 3 is 2.17 bits per heavy atom. The zero-order valence-corrected chi connectivity index (χ0v) is 9.51. The molecule has 0 unspecified atom stereocenters. The molecule has 90 valence electrons. The highest BCUT2D eigenvalue weighted by atomic mass is 19.1. The molecule has 0 spiro atoms. The molecule has 0 aliphatic heterocycles. The molecule has 0 amide bonds. The Bertz CT molecular complexity index is 603. The third-order valence-corrected chi connectivity index (χ3v) is 2.54. The van der Waals surface area contributed by atoms with Gasteiger partial charge in [0, 0.05) is 5.56 Å². The first-order valence-electron chi connectivity index (χ1n) is 5.43. The van der Waals surface area contributed by atoms with Crippen molar-refractivity contribution in [2.45, 2.75) is 0 Å². The van der Waals surface area contributed by atoms with E-state index in [0.29, 0.717) is 11.1 Å². The summed E-state index contributed by atoms with van der Waals surface area (Å²) < 4.78 is 13.4. The van der Waals surface area contributed by atoms with Gasteiger partial charge >= 0.3 is 5.97 Å². The van der Waals surface area contributed by atoms with Crippen LogP contribution in [0.1, 0.15) is 21.5 Å². The highest BCUT2D eigenvalue weighted by Gasteiger charge is 2.06. The van der Waals surface area contributed by atoms with E-state index in [-0.39, 0.29) is 11.4 Å². The summed E-state index contributed by atoms with van der Waals surface area (Å²) in [5, 5.41) is 9.01. The molecule has 0 aliphatic rings. The number of carboxylic acid groups (broad SMARTS) is 1. The molecule has 2 aromatic rings. The normalized spacial score (nSPS) is 10.7. The van der Waals surface area contributed by atoms with Crippen LogP contribution in [-0.2, 0) is 0 Å². The number of aromatic carboxylic acids is 1. The predicted octanol–water partition coefficient (Wildman–Crippen LogP) is 3.69. The van der Waals surface area contributed by atoms with E-state index >= 15 is 0 Å². The van der Waals surface area contributed by atoms with Crippen LogP contribution >= 0.6 is 0 Å². The average molecular weight is 242 g/mol. The molecule has 2 aromatic carbocycles. The summed E-state index contributed by atoms with van der Waals surface area (Å²) in [7, 11) is 0. The Morgan fingerprint density at radius 1 is 0.944 bits per heavy atom. The summed E-state index contributed by atoms with van der Waals surface area (Å²) in [6.07, 6.45) is 3.17. The van der Waals surface area contributed by atoms with Crippen LogP contribution in [0.5, 0.6) is 0 Å². The van der Waals surface area contributed by atoms with Gasteiger partial charge in [-0.05, 0) is 17.7 Å². The van der Waals surface area contributed by atoms with Gasteiger partial charge in [0.05, 0.1) is 5.56 Å². The summed E-state index contributed by atoms with van der Waals surface area (Å²) in [6, 6.07) is 12.9. The third kappa shape index (κ3) is 2.63. The second-order valence-corrected chi connectivity index (χ2v) is 3.75. The largest absolute Gasteiger partial charge is 0.478 e. The molecule has 0 saturated heterocycles. The molecular weight excluding hydrogens is 231 g/mol. The van der Waals surface area contributed by atoms with Crippen LogP contribution < -0.4 is 0 Å². The van der Waals surface area contributed by atoms with E-state index in [4.69, 9.17) is 5.11 Å². The van der Waals surface area contributed by atoms with Crippen LogP contribution in [0.25, 0.3) is 12.2 Å². The summed E-state index contributed by atoms with van der Waals surface area (Å²) in [4.78, 5) is 11.0. The van der Waals surface area contributed by atoms with E-state index in [0.717, 1.165) is 0 Å². The molecular formula is C15H11FO2. The molecule has 18 heavy (non-hydrogen) atoms. The van der Waals surface area contributed by atoms with Crippen molar-refractivity contribution in [2.24, 2.45) is 0 Å². The number of benzene rings is 2. The lowest BCUT2D eigenvalue weighted by Gasteiger charge is -2.00. The van der Waals surface area contributed by atoms with E-state index in [1.54, 1.807) is 48.6 Å². The van der Waals surface area contributed by atoms with Crippen molar-refractivity contribution < 1.29 is 14.3 Å². The maximum absolute atomic E-state index is 13.4. The first kappa shape index (κ1) is 12.0. The monoisotopic (exact) mass is 242 g/mol. The van der Waals surface area contributed by atoms with Crippen LogP contribution in [0.2, 0.25) is 0 Å². The maximum atomic E-state index is 13.4. The quantitative estimate of drug-likeness (QED) is 0.833. The summed E-state index contributed by atoms with van der Waals surface area (Å²) >= 11 is 0. The van der Waals surface area contributed by atoms with Crippen LogP contribution in [0.4, 0.5) is 4.39 Å². The van der Waals surface area contributed by atoms with E-state index in [2.05, 4.69) is 0 Å². The first-order chi connectivity index (χ1) is 8.68. The average Bonchev–Trinajstić information content (AvgIpc) is 2.38. The van der Waals surface area contributed by atoms with E-state index in [1.165, 1.54) is 12.1 Å². The number of halogens is 1. The molecule has 3 heteroatoms. The number of rotatable bonds is 3. The number of hydrogen-bond acceptors (Lipinski definition) is 1. The molecule has 0 saturated carbocycles. The van der Waals surface area contributed by atoms with Crippen molar-refractivity contribution >= 4 is 18.1 Å². The summed E-state index contributed by atoms with van der Waals surface area (Å²) in [5.41, 5.74) is 1.18. The Kier molecular flexibility index (Phi) is 3.53. The highest BCUT2D eigenvalue weighted by molar-refractivity contribution is 5.93. The van der Waals surface area contributed by atoms with Gasteiger partial charge in [0.2, 0.25) is 0 Å². The summed E-state index contributed by atoms with van der Waals surface area (Å²) in [6.45, 7) is 0. The van der Waals surface area contributed by atoms with Crippen molar-refractivity contribution in [3.05, 3.63) is 71.0 Å². The minimum Gasteiger partial charge on any atom is -0.478 e. The maximum Gasteiger partial charge on any atom is 0.336 e. The zero-order chi connectivity index (χ0) is 13.0. The fourth-order valence-corrected chi connectivity index (χ4v) is 1.63. The van der Waals surface area contributed by atoms with Gasteiger partial charge in [-0.15, -0.1) is 0 Å². The Labute approximate surface area is 104 Å².